The summed E-state index contributed by atoms with van der Waals surface area (Å²) in [5.41, 5.74) is 0.477. The lowest BCUT2D eigenvalue weighted by Gasteiger charge is -2.09. The smallest absolute Gasteiger partial charge is 0.313 e. The van der Waals surface area contributed by atoms with Gasteiger partial charge < -0.3 is 20.5 Å². The number of aromatic hydroxyl groups is 1. The molecule has 0 aliphatic carbocycles. The molecule has 0 unspecified atom stereocenters. The summed E-state index contributed by atoms with van der Waals surface area (Å²) in [7, 11) is 1.57. The molecule has 0 spiro atoms. The van der Waals surface area contributed by atoms with Gasteiger partial charge in [-0.25, -0.2) is 0 Å². The molecule has 22 heavy (non-hydrogen) atoms. The highest BCUT2D eigenvalue weighted by Crippen LogP contribution is 2.29. The Hall–Kier alpha value is -2.60. The van der Waals surface area contributed by atoms with Crippen LogP contribution in [0, 0.1) is 0 Å². The fourth-order valence-electron chi connectivity index (χ4n) is 2.08. The molecule has 0 bridgehead atoms. The van der Waals surface area contributed by atoms with Crippen molar-refractivity contribution in [1.82, 2.24) is 5.32 Å². The van der Waals surface area contributed by atoms with E-state index in [-0.39, 0.29) is 5.75 Å². The molecule has 0 radical (unpaired) electrons. The summed E-state index contributed by atoms with van der Waals surface area (Å²) in [5, 5.41) is 16.2. The lowest BCUT2D eigenvalue weighted by atomic mass is 10.1. The van der Waals surface area contributed by atoms with Crippen molar-refractivity contribution in [2.24, 2.45) is 0 Å². The maximum Gasteiger partial charge on any atom is 0.313 e. The van der Waals surface area contributed by atoms with E-state index in [0.29, 0.717) is 36.0 Å². The number of hydrogen-bond acceptors (Lipinski definition) is 4. The minimum absolute atomic E-state index is 0.123. The molecule has 0 aromatic heterocycles. The van der Waals surface area contributed by atoms with E-state index in [9.17, 15) is 14.7 Å². The van der Waals surface area contributed by atoms with Gasteiger partial charge in [0.15, 0.2) is 0 Å². The monoisotopic (exact) mass is 302 g/mol. The van der Waals surface area contributed by atoms with Gasteiger partial charge in [0.05, 0.1) is 0 Å². The topological polar surface area (TPSA) is 87.7 Å². The van der Waals surface area contributed by atoms with E-state index in [2.05, 4.69) is 10.6 Å². The normalized spacial score (nSPS) is 10.4. The van der Waals surface area contributed by atoms with Crippen LogP contribution in [-0.4, -0.2) is 37.2 Å². The maximum absolute atomic E-state index is 11.9. The molecule has 2 rings (SSSR count). The van der Waals surface area contributed by atoms with Crippen LogP contribution >= 0.6 is 0 Å². The SMILES string of the molecule is COCCCNC(=O)C(=O)Nc1cccc2c(O)cccc12. The summed E-state index contributed by atoms with van der Waals surface area (Å²) in [4.78, 5) is 23.6. The van der Waals surface area contributed by atoms with Crippen molar-refractivity contribution in [1.29, 1.82) is 0 Å². The first-order valence-electron chi connectivity index (χ1n) is 6.92. The van der Waals surface area contributed by atoms with Gasteiger partial charge in [-0.05, 0) is 18.6 Å². The Labute approximate surface area is 128 Å². The van der Waals surface area contributed by atoms with Gasteiger partial charge in [-0.2, -0.15) is 0 Å². The summed E-state index contributed by atoms with van der Waals surface area (Å²) in [6.07, 6.45) is 0.637. The predicted molar refractivity (Wildman–Crippen MR) is 83.7 cm³/mol. The molecule has 6 heteroatoms. The molecular weight excluding hydrogens is 284 g/mol. The van der Waals surface area contributed by atoms with Crippen LogP contribution in [0.1, 0.15) is 6.42 Å². The van der Waals surface area contributed by atoms with Crippen LogP contribution in [0.15, 0.2) is 36.4 Å². The molecule has 116 valence electrons. The number of amides is 2. The zero-order chi connectivity index (χ0) is 15.9. The summed E-state index contributed by atoms with van der Waals surface area (Å²) >= 11 is 0. The van der Waals surface area contributed by atoms with E-state index in [1.165, 1.54) is 0 Å². The number of phenols is 1. The Morgan fingerprint density at radius 1 is 1.09 bits per heavy atom. The Morgan fingerprint density at radius 3 is 2.59 bits per heavy atom. The first-order valence-corrected chi connectivity index (χ1v) is 6.92. The van der Waals surface area contributed by atoms with Crippen molar-refractivity contribution in [3.05, 3.63) is 36.4 Å². The zero-order valence-corrected chi connectivity index (χ0v) is 12.3. The second-order valence-corrected chi connectivity index (χ2v) is 4.73. The van der Waals surface area contributed by atoms with E-state index in [1.54, 1.807) is 43.5 Å². The fraction of sp³-hybridized carbons (Fsp3) is 0.250. The zero-order valence-electron chi connectivity index (χ0n) is 12.3. The average molecular weight is 302 g/mol. The molecule has 0 heterocycles. The quantitative estimate of drug-likeness (QED) is 0.579. The van der Waals surface area contributed by atoms with Gasteiger partial charge in [0.2, 0.25) is 0 Å². The Balaban J connectivity index is 2.06. The largest absolute Gasteiger partial charge is 0.507 e. The number of rotatable bonds is 5. The maximum atomic E-state index is 11.9. The first kappa shape index (κ1) is 15.8. The number of nitrogens with one attached hydrogen (secondary N) is 2. The lowest BCUT2D eigenvalue weighted by molar-refractivity contribution is -0.136. The molecule has 2 aromatic carbocycles. The third kappa shape index (κ3) is 3.73. The van der Waals surface area contributed by atoms with Crippen molar-refractivity contribution in [3.8, 4) is 5.75 Å². The minimum atomic E-state index is -0.742. The highest BCUT2D eigenvalue weighted by molar-refractivity contribution is 6.40. The fourth-order valence-corrected chi connectivity index (χ4v) is 2.08. The summed E-state index contributed by atoms with van der Waals surface area (Å²) in [6.45, 7) is 0.890. The number of benzene rings is 2. The highest BCUT2D eigenvalue weighted by atomic mass is 16.5. The third-order valence-electron chi connectivity index (χ3n) is 3.16. The number of phenolic OH excluding ortho intramolecular Hbond substituents is 1. The van der Waals surface area contributed by atoms with E-state index in [4.69, 9.17) is 4.74 Å². The summed E-state index contributed by atoms with van der Waals surface area (Å²) < 4.78 is 4.86. The highest BCUT2D eigenvalue weighted by Gasteiger charge is 2.14. The molecule has 0 aliphatic rings. The number of carbonyl (C=O) groups excluding carboxylic acids is 2. The van der Waals surface area contributed by atoms with Crippen LogP contribution in [0.3, 0.4) is 0 Å². The molecule has 3 N–H and O–H groups in total. The van der Waals surface area contributed by atoms with Gasteiger partial charge in [-0.1, -0.05) is 24.3 Å². The number of methoxy groups -OCH3 is 1. The van der Waals surface area contributed by atoms with Crippen LogP contribution in [-0.2, 0) is 14.3 Å². The average Bonchev–Trinajstić information content (AvgIpc) is 2.52. The number of hydrogen-bond donors (Lipinski definition) is 3. The summed E-state index contributed by atoms with van der Waals surface area (Å²) in [5.74, 6) is -1.32. The van der Waals surface area contributed by atoms with Gasteiger partial charge in [-0.3, -0.25) is 9.59 Å². The van der Waals surface area contributed by atoms with E-state index < -0.39 is 11.8 Å². The van der Waals surface area contributed by atoms with E-state index in [0.717, 1.165) is 0 Å². The molecule has 0 atom stereocenters. The molecule has 2 aromatic rings. The second kappa shape index (κ2) is 7.42. The molecule has 0 saturated carbocycles. The Morgan fingerprint density at radius 2 is 1.82 bits per heavy atom. The molecule has 2 amide bonds. The van der Waals surface area contributed by atoms with Crippen molar-refractivity contribution in [2.45, 2.75) is 6.42 Å². The van der Waals surface area contributed by atoms with Crippen LogP contribution in [0.25, 0.3) is 10.8 Å². The number of ether oxygens (including phenoxy) is 1. The lowest BCUT2D eigenvalue weighted by Crippen LogP contribution is -2.36. The van der Waals surface area contributed by atoms with Crippen LogP contribution < -0.4 is 10.6 Å². The van der Waals surface area contributed by atoms with Gasteiger partial charge >= 0.3 is 11.8 Å². The van der Waals surface area contributed by atoms with Crippen LogP contribution in [0.4, 0.5) is 5.69 Å². The van der Waals surface area contributed by atoms with Crippen LogP contribution in [0.2, 0.25) is 0 Å². The van der Waals surface area contributed by atoms with Crippen LogP contribution in [0.5, 0.6) is 5.75 Å². The number of anilines is 1. The molecular formula is C16H18N2O4. The van der Waals surface area contributed by atoms with Gasteiger partial charge in [0, 0.05) is 36.7 Å². The Bertz CT molecular complexity index is 685. The Kier molecular flexibility index (Phi) is 5.32. The minimum Gasteiger partial charge on any atom is -0.507 e. The number of fused-ring (bicyclic) bond motifs is 1. The summed E-state index contributed by atoms with van der Waals surface area (Å²) in [6, 6.07) is 10.1. The predicted octanol–water partition coefficient (Wildman–Crippen LogP) is 1.64. The van der Waals surface area contributed by atoms with Crippen molar-refractivity contribution < 1.29 is 19.4 Å². The number of carbonyl (C=O) groups is 2. The van der Waals surface area contributed by atoms with Crippen molar-refractivity contribution >= 4 is 28.3 Å². The van der Waals surface area contributed by atoms with Crippen molar-refractivity contribution in [3.63, 3.8) is 0 Å². The second-order valence-electron chi connectivity index (χ2n) is 4.73. The first-order chi connectivity index (χ1) is 10.6. The third-order valence-corrected chi connectivity index (χ3v) is 3.16. The van der Waals surface area contributed by atoms with Gasteiger partial charge in [0.1, 0.15) is 5.75 Å². The molecule has 0 saturated heterocycles. The van der Waals surface area contributed by atoms with Gasteiger partial charge in [-0.15, -0.1) is 0 Å². The van der Waals surface area contributed by atoms with Crippen molar-refractivity contribution in [2.75, 3.05) is 25.6 Å². The van der Waals surface area contributed by atoms with Gasteiger partial charge in [0.25, 0.3) is 0 Å². The molecule has 0 fully saturated rings. The standard InChI is InChI=1S/C16H18N2O4/c1-22-10-4-9-17-15(20)16(21)18-13-7-2-6-12-11(13)5-3-8-14(12)19/h2-3,5-8,19H,4,9-10H2,1H3,(H,17,20)(H,18,21). The van der Waals surface area contributed by atoms with E-state index in [1.807, 2.05) is 0 Å². The molecule has 0 aliphatic heterocycles. The van der Waals surface area contributed by atoms with E-state index >= 15 is 0 Å². The molecule has 6 nitrogen and oxygen atoms in total.